The van der Waals surface area contributed by atoms with Gasteiger partial charge in [0.05, 0.1) is 35.2 Å². The molecule has 3 aromatic heterocycles. The number of amides is 2. The first kappa shape index (κ1) is 25.4. The first-order valence-corrected chi connectivity index (χ1v) is 14.1. The van der Waals surface area contributed by atoms with E-state index in [1.54, 1.807) is 46.4 Å². The van der Waals surface area contributed by atoms with E-state index in [1.165, 1.54) is 0 Å². The number of aryl methyl sites for hydroxylation is 1. The molecule has 0 spiro atoms. The minimum atomic E-state index is -0.283. The number of benzene rings is 1. The summed E-state index contributed by atoms with van der Waals surface area (Å²) in [6.07, 6.45) is 1.57. The quantitative estimate of drug-likeness (QED) is 0.347. The maximum Gasteiger partial charge on any atom is 0.240 e. The number of thiophene rings is 1. The summed E-state index contributed by atoms with van der Waals surface area (Å²) in [5.74, 6) is 1.21. The molecule has 1 aliphatic rings. The number of nitrogens with one attached hydrogen (secondary N) is 1. The molecule has 0 bridgehead atoms. The summed E-state index contributed by atoms with van der Waals surface area (Å²) in [6, 6.07) is 15.7. The molecule has 7 nitrogen and oxygen atoms in total. The van der Waals surface area contributed by atoms with Gasteiger partial charge in [0.2, 0.25) is 11.8 Å². The highest BCUT2D eigenvalue weighted by Crippen LogP contribution is 2.49. The number of hydrogen-bond donors (Lipinski definition) is 1. The number of anilines is 1. The lowest BCUT2D eigenvalue weighted by Gasteiger charge is -2.24. The van der Waals surface area contributed by atoms with Crippen LogP contribution in [-0.2, 0) is 21.5 Å². The lowest BCUT2D eigenvalue weighted by Crippen LogP contribution is -2.42. The van der Waals surface area contributed by atoms with Gasteiger partial charge >= 0.3 is 0 Å². The van der Waals surface area contributed by atoms with Crippen LogP contribution in [0.25, 0.3) is 5.69 Å². The van der Waals surface area contributed by atoms with Crippen molar-refractivity contribution in [3.8, 4) is 5.69 Å². The minimum absolute atomic E-state index is 0.0675. The van der Waals surface area contributed by atoms with Crippen LogP contribution in [0.15, 0.2) is 64.6 Å². The zero-order valence-electron chi connectivity index (χ0n) is 21.4. The van der Waals surface area contributed by atoms with E-state index in [1.807, 2.05) is 41.9 Å². The van der Waals surface area contributed by atoms with Gasteiger partial charge in [-0.3, -0.25) is 14.5 Å². The molecule has 1 N–H and O–H groups in total. The van der Waals surface area contributed by atoms with Crippen LogP contribution >= 0.6 is 23.1 Å². The smallest absolute Gasteiger partial charge is 0.240 e. The number of hydrogen-bond acceptors (Lipinski definition) is 6. The van der Waals surface area contributed by atoms with E-state index in [9.17, 15) is 9.59 Å². The topological polar surface area (TPSA) is 80.4 Å². The highest BCUT2D eigenvalue weighted by Gasteiger charge is 2.40. The van der Waals surface area contributed by atoms with Gasteiger partial charge in [-0.1, -0.05) is 45.0 Å². The molecule has 0 unspecified atom stereocenters. The van der Waals surface area contributed by atoms with Crippen LogP contribution < -0.4 is 10.2 Å². The molecule has 0 aliphatic carbocycles. The van der Waals surface area contributed by atoms with E-state index in [0.717, 1.165) is 27.4 Å². The summed E-state index contributed by atoms with van der Waals surface area (Å²) in [5, 5.41) is 10.0. The van der Waals surface area contributed by atoms with Crippen molar-refractivity contribution < 1.29 is 14.0 Å². The average Bonchev–Trinajstić information content (AvgIpc) is 3.62. The summed E-state index contributed by atoms with van der Waals surface area (Å²) >= 11 is 3.27. The van der Waals surface area contributed by atoms with E-state index >= 15 is 0 Å². The zero-order valence-corrected chi connectivity index (χ0v) is 23.0. The van der Waals surface area contributed by atoms with Gasteiger partial charge in [0.25, 0.3) is 0 Å². The van der Waals surface area contributed by atoms with Crippen molar-refractivity contribution in [1.82, 2.24) is 15.1 Å². The van der Waals surface area contributed by atoms with Gasteiger partial charge in [-0.25, -0.2) is 4.68 Å². The fraction of sp³-hybridized carbons (Fsp3) is 0.321. The van der Waals surface area contributed by atoms with Gasteiger partial charge in [0.1, 0.15) is 18.1 Å². The number of aromatic nitrogens is 2. The summed E-state index contributed by atoms with van der Waals surface area (Å²) in [7, 11) is 0. The van der Waals surface area contributed by atoms with Gasteiger partial charge in [-0.05, 0) is 42.1 Å². The van der Waals surface area contributed by atoms with Gasteiger partial charge in [-0.2, -0.15) is 5.10 Å². The molecule has 1 aromatic carbocycles. The molecule has 5 rings (SSSR count). The van der Waals surface area contributed by atoms with Crippen molar-refractivity contribution in [2.45, 2.75) is 44.9 Å². The number of rotatable bonds is 6. The van der Waals surface area contributed by atoms with Gasteiger partial charge in [0.15, 0.2) is 0 Å². The molecule has 1 atom stereocenters. The Bertz CT molecular complexity index is 1400. The number of para-hydroxylation sites is 1. The first-order chi connectivity index (χ1) is 17.7. The molecule has 1 aliphatic heterocycles. The van der Waals surface area contributed by atoms with Crippen molar-refractivity contribution in [2.24, 2.45) is 0 Å². The van der Waals surface area contributed by atoms with E-state index in [4.69, 9.17) is 9.52 Å². The maximum atomic E-state index is 13.7. The summed E-state index contributed by atoms with van der Waals surface area (Å²) in [6.45, 7) is 8.61. The van der Waals surface area contributed by atoms with Gasteiger partial charge in [0, 0.05) is 15.9 Å². The Hall–Kier alpha value is -3.30. The standard InChI is InChI=1S/C28H30N4O3S2/c1-18-9-5-6-11-20(18)32-27-24(26(30-32)28(2,3)4)25(21-12-8-14-36-21)37-17-23(34)31(27)16-22(33)29-15-19-10-7-13-35-19/h5-14,25H,15-17H2,1-4H3,(H,29,33)/t25-/m0/s1. The molecular formula is C28H30N4O3S2. The third-order valence-electron chi connectivity index (χ3n) is 6.29. The molecule has 9 heteroatoms. The van der Waals surface area contributed by atoms with Crippen molar-refractivity contribution in [1.29, 1.82) is 0 Å². The van der Waals surface area contributed by atoms with Crippen LogP contribution in [0, 0.1) is 6.92 Å². The van der Waals surface area contributed by atoms with Crippen LogP contribution in [0.4, 0.5) is 5.82 Å². The molecule has 0 saturated heterocycles. The maximum absolute atomic E-state index is 13.7. The number of carbonyl (C=O) groups is 2. The van der Waals surface area contributed by atoms with E-state index in [2.05, 4.69) is 37.5 Å². The summed E-state index contributed by atoms with van der Waals surface area (Å²) in [5.41, 5.74) is 3.56. The molecule has 0 fully saturated rings. The molecule has 4 heterocycles. The highest BCUT2D eigenvalue weighted by atomic mass is 32.2. The number of nitrogens with zero attached hydrogens (tertiary/aromatic N) is 3. The number of carbonyl (C=O) groups excluding carboxylic acids is 2. The second kappa shape index (κ2) is 10.2. The minimum Gasteiger partial charge on any atom is -0.467 e. The van der Waals surface area contributed by atoms with Crippen LogP contribution in [0.1, 0.15) is 53.5 Å². The van der Waals surface area contributed by atoms with E-state index < -0.39 is 0 Å². The SMILES string of the molecule is Cc1ccccc1-n1nc(C(C)(C)C)c2c1N(CC(=O)NCc1ccco1)C(=O)CS[C@H]2c1cccs1. The molecular weight excluding hydrogens is 504 g/mol. The average molecular weight is 535 g/mol. The summed E-state index contributed by atoms with van der Waals surface area (Å²) < 4.78 is 7.22. The second-order valence-corrected chi connectivity index (χ2v) is 12.1. The van der Waals surface area contributed by atoms with Gasteiger partial charge in [-0.15, -0.1) is 23.1 Å². The Balaban J connectivity index is 1.66. The van der Waals surface area contributed by atoms with Crippen molar-refractivity contribution in [3.05, 3.63) is 87.6 Å². The second-order valence-electron chi connectivity index (χ2n) is 10.1. The first-order valence-electron chi connectivity index (χ1n) is 12.2. The summed E-state index contributed by atoms with van der Waals surface area (Å²) in [4.78, 5) is 29.6. The molecule has 37 heavy (non-hydrogen) atoms. The van der Waals surface area contributed by atoms with Crippen LogP contribution in [0.2, 0.25) is 0 Å². The normalized spacial score (nSPS) is 15.9. The fourth-order valence-corrected chi connectivity index (χ4v) is 6.68. The predicted molar refractivity (Wildman–Crippen MR) is 149 cm³/mol. The monoisotopic (exact) mass is 534 g/mol. The van der Waals surface area contributed by atoms with E-state index in [0.29, 0.717) is 11.6 Å². The van der Waals surface area contributed by atoms with Crippen molar-refractivity contribution in [3.63, 3.8) is 0 Å². The van der Waals surface area contributed by atoms with E-state index in [-0.39, 0.29) is 41.3 Å². The predicted octanol–water partition coefficient (Wildman–Crippen LogP) is 5.62. The number of furan rings is 1. The van der Waals surface area contributed by atoms with Crippen molar-refractivity contribution >= 4 is 40.7 Å². The number of fused-ring (bicyclic) bond motifs is 1. The molecule has 0 saturated carbocycles. The third kappa shape index (κ3) is 5.10. The van der Waals surface area contributed by atoms with Crippen LogP contribution in [0.3, 0.4) is 0 Å². The molecule has 0 radical (unpaired) electrons. The molecule has 192 valence electrons. The van der Waals surface area contributed by atoms with Crippen molar-refractivity contribution in [2.75, 3.05) is 17.2 Å². The Morgan fingerprint density at radius 1 is 1.16 bits per heavy atom. The molecule has 4 aromatic rings. The molecule has 2 amide bonds. The lowest BCUT2D eigenvalue weighted by atomic mass is 9.88. The zero-order chi connectivity index (χ0) is 26.2. The Morgan fingerprint density at radius 2 is 1.97 bits per heavy atom. The Labute approximate surface area is 224 Å². The Morgan fingerprint density at radius 3 is 2.65 bits per heavy atom. The largest absolute Gasteiger partial charge is 0.467 e. The van der Waals surface area contributed by atoms with Crippen LogP contribution in [-0.4, -0.2) is 33.9 Å². The third-order valence-corrected chi connectivity index (χ3v) is 8.61. The lowest BCUT2D eigenvalue weighted by molar-refractivity contribution is -0.123. The fourth-order valence-electron chi connectivity index (χ4n) is 4.51. The Kier molecular flexibility index (Phi) is 7.00. The van der Waals surface area contributed by atoms with Crippen LogP contribution in [0.5, 0.6) is 0 Å². The highest BCUT2D eigenvalue weighted by molar-refractivity contribution is 8.00. The number of thioether (sulfide) groups is 1. The van der Waals surface area contributed by atoms with Gasteiger partial charge < -0.3 is 9.73 Å².